The number of carbonyl (C=O) groups excluding carboxylic acids is 2. The number of nitrogens with one attached hydrogen (secondary N) is 2. The van der Waals surface area contributed by atoms with Crippen LogP contribution in [0.5, 0.6) is 5.75 Å². The number of carbonyl (C=O) groups is 2. The van der Waals surface area contributed by atoms with Crippen LogP contribution in [0.25, 0.3) is 0 Å². The summed E-state index contributed by atoms with van der Waals surface area (Å²) in [5.41, 5.74) is 0.157. The second-order valence-corrected chi connectivity index (χ2v) is 8.02. The van der Waals surface area contributed by atoms with Crippen molar-refractivity contribution in [1.82, 2.24) is 10.3 Å². The van der Waals surface area contributed by atoms with Gasteiger partial charge in [-0.25, -0.2) is 9.37 Å². The maximum atomic E-state index is 13.6. The highest BCUT2D eigenvalue weighted by molar-refractivity contribution is 6.03. The minimum absolute atomic E-state index is 0.0246. The quantitative estimate of drug-likeness (QED) is 0.729. The fourth-order valence-electron chi connectivity index (χ4n) is 2.93. The number of aryl methyl sites for hydroxylation is 1. The molecule has 3 rings (SSSR count). The predicted octanol–water partition coefficient (Wildman–Crippen LogP) is 4.00. The van der Waals surface area contributed by atoms with E-state index in [2.05, 4.69) is 15.6 Å². The first-order valence-electron chi connectivity index (χ1n) is 9.58. The van der Waals surface area contributed by atoms with Crippen molar-refractivity contribution in [3.63, 3.8) is 0 Å². The van der Waals surface area contributed by atoms with Crippen molar-refractivity contribution in [1.29, 1.82) is 0 Å². The van der Waals surface area contributed by atoms with E-state index in [1.807, 2.05) is 20.8 Å². The summed E-state index contributed by atoms with van der Waals surface area (Å²) in [5, 5.41) is 5.66. The highest BCUT2D eigenvalue weighted by atomic mass is 19.1. The van der Waals surface area contributed by atoms with Crippen LogP contribution in [-0.2, 0) is 4.79 Å². The summed E-state index contributed by atoms with van der Waals surface area (Å²) in [4.78, 5) is 29.5. The summed E-state index contributed by atoms with van der Waals surface area (Å²) >= 11 is 0. The van der Waals surface area contributed by atoms with Crippen LogP contribution in [0.15, 0.2) is 22.6 Å². The van der Waals surface area contributed by atoms with E-state index in [4.69, 9.17) is 9.15 Å². The molecule has 0 saturated heterocycles. The van der Waals surface area contributed by atoms with Crippen molar-refractivity contribution < 1.29 is 23.1 Å². The van der Waals surface area contributed by atoms with Crippen LogP contribution >= 0.6 is 0 Å². The van der Waals surface area contributed by atoms with E-state index in [0.29, 0.717) is 11.4 Å². The number of halogens is 1. The van der Waals surface area contributed by atoms with Crippen molar-refractivity contribution in [2.45, 2.75) is 46.6 Å². The van der Waals surface area contributed by atoms with E-state index < -0.39 is 17.8 Å². The van der Waals surface area contributed by atoms with E-state index in [1.165, 1.54) is 25.3 Å². The molecule has 0 unspecified atom stereocenters. The number of hydrogen-bond donors (Lipinski definition) is 2. The fourth-order valence-corrected chi connectivity index (χ4v) is 2.93. The summed E-state index contributed by atoms with van der Waals surface area (Å²) in [6, 6.07) is 3.58. The van der Waals surface area contributed by atoms with Crippen LogP contribution < -0.4 is 15.4 Å². The zero-order chi connectivity index (χ0) is 21.3. The van der Waals surface area contributed by atoms with Gasteiger partial charge in [0.2, 0.25) is 11.8 Å². The molecular formula is C21H26FN3O4. The number of ether oxygens (including phenoxy) is 1. The number of amides is 2. The van der Waals surface area contributed by atoms with Gasteiger partial charge in [0.15, 0.2) is 17.3 Å². The first-order chi connectivity index (χ1) is 13.6. The molecule has 156 valence electrons. The minimum Gasteiger partial charge on any atom is -0.494 e. The first-order valence-corrected chi connectivity index (χ1v) is 9.58. The molecule has 8 heteroatoms. The monoisotopic (exact) mass is 403 g/mol. The Morgan fingerprint density at radius 3 is 2.59 bits per heavy atom. The van der Waals surface area contributed by atoms with Gasteiger partial charge in [-0.05, 0) is 37.8 Å². The molecule has 1 atom stereocenters. The molecule has 0 spiro atoms. The number of nitrogens with zero attached hydrogens (tertiary/aromatic N) is 1. The van der Waals surface area contributed by atoms with Crippen LogP contribution in [-0.4, -0.2) is 23.9 Å². The number of hydrogen-bond acceptors (Lipinski definition) is 5. The molecule has 0 radical (unpaired) electrons. The molecule has 2 N–H and O–H groups in total. The Morgan fingerprint density at radius 1 is 1.31 bits per heavy atom. The van der Waals surface area contributed by atoms with Gasteiger partial charge in [-0.2, -0.15) is 0 Å². The zero-order valence-electron chi connectivity index (χ0n) is 17.3. The Hall–Kier alpha value is -2.90. The number of rotatable bonds is 7. The molecule has 1 heterocycles. The third kappa shape index (κ3) is 4.41. The number of benzene rings is 1. The van der Waals surface area contributed by atoms with Gasteiger partial charge in [0.25, 0.3) is 5.91 Å². The van der Waals surface area contributed by atoms with Crippen LogP contribution in [0.2, 0.25) is 0 Å². The van der Waals surface area contributed by atoms with Gasteiger partial charge >= 0.3 is 0 Å². The number of aromatic nitrogens is 1. The van der Waals surface area contributed by atoms with E-state index in [9.17, 15) is 14.0 Å². The predicted molar refractivity (Wildman–Crippen MR) is 105 cm³/mol. The fraction of sp³-hybridized carbons (Fsp3) is 0.476. The van der Waals surface area contributed by atoms with Gasteiger partial charge in [0, 0.05) is 17.2 Å². The number of oxazole rings is 1. The Labute approximate surface area is 169 Å². The molecule has 7 nitrogen and oxygen atoms in total. The Balaban J connectivity index is 1.79. The molecule has 1 aliphatic rings. The van der Waals surface area contributed by atoms with Gasteiger partial charge in [0.05, 0.1) is 7.11 Å². The number of anilines is 1. The van der Waals surface area contributed by atoms with Crippen molar-refractivity contribution in [3.05, 3.63) is 41.4 Å². The normalized spacial score (nSPS) is 15.7. The molecule has 1 aromatic heterocycles. The van der Waals surface area contributed by atoms with Gasteiger partial charge in [-0.3, -0.25) is 9.59 Å². The van der Waals surface area contributed by atoms with Crippen molar-refractivity contribution in [2.24, 2.45) is 11.3 Å². The third-order valence-corrected chi connectivity index (χ3v) is 5.20. The third-order valence-electron chi connectivity index (χ3n) is 5.20. The smallest absolute Gasteiger partial charge is 0.277 e. The SMILES string of the molecule is COc1cc(NC(=O)c2nc([C@H](NC(=O)C3(C)CC3)C(C)C)oc2C)ccc1F. The van der Waals surface area contributed by atoms with Gasteiger partial charge in [-0.1, -0.05) is 20.8 Å². The summed E-state index contributed by atoms with van der Waals surface area (Å²) in [5.74, 6) is -0.370. The lowest BCUT2D eigenvalue weighted by molar-refractivity contribution is -0.127. The van der Waals surface area contributed by atoms with Crippen LogP contribution in [0, 0.1) is 24.1 Å². The van der Waals surface area contributed by atoms with Gasteiger partial charge in [-0.15, -0.1) is 0 Å². The molecule has 2 amide bonds. The Bertz CT molecular complexity index is 934. The van der Waals surface area contributed by atoms with Crippen molar-refractivity contribution in [2.75, 3.05) is 12.4 Å². The second kappa shape index (κ2) is 7.85. The lowest BCUT2D eigenvalue weighted by atomic mass is 10.0. The highest BCUT2D eigenvalue weighted by Crippen LogP contribution is 2.45. The largest absolute Gasteiger partial charge is 0.494 e. The average Bonchev–Trinajstić information content (AvgIpc) is 3.31. The highest BCUT2D eigenvalue weighted by Gasteiger charge is 2.46. The molecular weight excluding hydrogens is 377 g/mol. The van der Waals surface area contributed by atoms with Gasteiger partial charge in [0.1, 0.15) is 11.8 Å². The van der Waals surface area contributed by atoms with Gasteiger partial charge < -0.3 is 19.8 Å². The summed E-state index contributed by atoms with van der Waals surface area (Å²) in [6.45, 7) is 7.46. The molecule has 1 aromatic carbocycles. The molecule has 2 aromatic rings. The maximum Gasteiger partial charge on any atom is 0.277 e. The molecule has 1 fully saturated rings. The Morgan fingerprint density at radius 2 is 2.00 bits per heavy atom. The summed E-state index contributed by atoms with van der Waals surface area (Å²) in [6.07, 6.45) is 1.73. The summed E-state index contributed by atoms with van der Waals surface area (Å²) < 4.78 is 24.2. The standard InChI is InChI=1S/C21H26FN3O4/c1-11(2)16(25-20(27)21(4)8-9-21)19-24-17(12(3)29-19)18(26)23-13-6-7-14(22)15(10-13)28-5/h6-7,10-11,16H,8-9H2,1-5H3,(H,23,26)(H,25,27)/t16-/m1/s1. The molecule has 29 heavy (non-hydrogen) atoms. The van der Waals surface area contributed by atoms with E-state index in [1.54, 1.807) is 6.92 Å². The van der Waals surface area contributed by atoms with E-state index >= 15 is 0 Å². The van der Waals surface area contributed by atoms with Crippen LogP contribution in [0.3, 0.4) is 0 Å². The minimum atomic E-state index is -0.523. The summed E-state index contributed by atoms with van der Waals surface area (Å²) in [7, 11) is 1.35. The average molecular weight is 403 g/mol. The Kier molecular flexibility index (Phi) is 5.64. The topological polar surface area (TPSA) is 93.5 Å². The molecule has 0 bridgehead atoms. The van der Waals surface area contributed by atoms with Crippen LogP contribution in [0.1, 0.15) is 61.8 Å². The van der Waals surface area contributed by atoms with E-state index in [0.717, 1.165) is 12.8 Å². The van der Waals surface area contributed by atoms with Crippen molar-refractivity contribution >= 4 is 17.5 Å². The van der Waals surface area contributed by atoms with Crippen LogP contribution in [0.4, 0.5) is 10.1 Å². The maximum absolute atomic E-state index is 13.6. The molecule has 0 aliphatic heterocycles. The lowest BCUT2D eigenvalue weighted by Gasteiger charge is -2.21. The van der Waals surface area contributed by atoms with E-state index in [-0.39, 0.29) is 34.6 Å². The second-order valence-electron chi connectivity index (χ2n) is 8.02. The number of methoxy groups -OCH3 is 1. The molecule has 1 aliphatic carbocycles. The lowest BCUT2D eigenvalue weighted by Crippen LogP contribution is -2.36. The zero-order valence-corrected chi connectivity index (χ0v) is 17.3. The molecule has 1 saturated carbocycles. The first kappa shape index (κ1) is 20.8. The van der Waals surface area contributed by atoms with Crippen molar-refractivity contribution in [3.8, 4) is 5.75 Å².